The van der Waals surface area contributed by atoms with Gasteiger partial charge >= 0.3 is 7.27 Å². The Bertz CT molecular complexity index is 261. The average molecular weight is 168 g/mol. The second kappa shape index (κ2) is 4.00. The molecular weight excluding hydrogens is 161 g/mol. The van der Waals surface area contributed by atoms with Crippen molar-refractivity contribution in [1.29, 1.82) is 0 Å². The third-order valence-electron chi connectivity index (χ3n) is 1.46. The summed E-state index contributed by atoms with van der Waals surface area (Å²) in [7, 11) is -2.86. The summed E-state index contributed by atoms with van der Waals surface area (Å²) in [5.41, 5.74) is -0.399. The molecule has 0 heterocycles. The molecular formula is C8H7BF2O. The fraction of sp³-hybridized carbons (Fsp3) is 0.125. The van der Waals surface area contributed by atoms with Crippen molar-refractivity contribution < 1.29 is 13.4 Å². The van der Waals surface area contributed by atoms with Crippen LogP contribution in [0.15, 0.2) is 30.3 Å². The fourth-order valence-electron chi connectivity index (χ4n) is 0.874. The van der Waals surface area contributed by atoms with Crippen molar-refractivity contribution in [3.8, 4) is 0 Å². The van der Waals surface area contributed by atoms with Crippen LogP contribution >= 0.6 is 0 Å². The molecule has 0 saturated heterocycles. The van der Waals surface area contributed by atoms with E-state index >= 15 is 0 Å². The number of benzene rings is 1. The van der Waals surface area contributed by atoms with Crippen LogP contribution in [0.5, 0.6) is 0 Å². The summed E-state index contributed by atoms with van der Waals surface area (Å²) < 4.78 is 23.5. The number of rotatable bonds is 3. The quantitative estimate of drug-likeness (QED) is 0.628. The van der Waals surface area contributed by atoms with E-state index in [1.807, 2.05) is 0 Å². The monoisotopic (exact) mass is 168 g/mol. The van der Waals surface area contributed by atoms with Crippen molar-refractivity contribution in [2.75, 3.05) is 0 Å². The van der Waals surface area contributed by atoms with E-state index in [-0.39, 0.29) is 6.42 Å². The van der Waals surface area contributed by atoms with Crippen LogP contribution in [0, 0.1) is 0 Å². The van der Waals surface area contributed by atoms with Gasteiger partial charge in [-0.3, -0.25) is 8.63 Å². The van der Waals surface area contributed by atoms with Crippen LogP contribution in [-0.2, 0) is 11.2 Å². The molecule has 0 spiro atoms. The van der Waals surface area contributed by atoms with Gasteiger partial charge in [0.05, 0.1) is 0 Å². The Morgan fingerprint density at radius 1 is 1.25 bits per heavy atom. The molecule has 62 valence electrons. The number of hydrogen-bond acceptors (Lipinski definition) is 1. The standard InChI is InChI=1S/C8H7BF2O/c10-9(11)8(12)6-7-4-2-1-3-5-7/h1-5H,6H2. The first-order valence-electron chi connectivity index (χ1n) is 3.55. The van der Waals surface area contributed by atoms with Crippen LogP contribution in [0.3, 0.4) is 0 Å². The zero-order chi connectivity index (χ0) is 8.97. The van der Waals surface area contributed by atoms with Gasteiger partial charge in [0.1, 0.15) is 0 Å². The van der Waals surface area contributed by atoms with Gasteiger partial charge in [-0.15, -0.1) is 0 Å². The third-order valence-corrected chi connectivity index (χ3v) is 1.46. The van der Waals surface area contributed by atoms with Gasteiger partial charge in [0, 0.05) is 6.42 Å². The van der Waals surface area contributed by atoms with E-state index in [0.717, 1.165) is 0 Å². The van der Waals surface area contributed by atoms with Crippen molar-refractivity contribution in [2.45, 2.75) is 6.42 Å². The largest absolute Gasteiger partial charge is 0.609 e. The molecule has 1 aromatic carbocycles. The van der Waals surface area contributed by atoms with E-state index < -0.39 is 12.9 Å². The second-order valence-corrected chi connectivity index (χ2v) is 2.43. The van der Waals surface area contributed by atoms with Crippen molar-refractivity contribution in [3.63, 3.8) is 0 Å². The molecule has 1 nitrogen and oxygen atoms in total. The summed E-state index contributed by atoms with van der Waals surface area (Å²) in [4.78, 5) is 10.6. The smallest absolute Gasteiger partial charge is 0.303 e. The van der Waals surface area contributed by atoms with Crippen LogP contribution in [0.2, 0.25) is 0 Å². The minimum absolute atomic E-state index is 0.182. The summed E-state index contributed by atoms with van der Waals surface area (Å²) in [6, 6.07) is 8.51. The Hall–Kier alpha value is -1.19. The first-order valence-corrected chi connectivity index (χ1v) is 3.55. The molecule has 0 atom stereocenters. The molecule has 4 heteroatoms. The van der Waals surface area contributed by atoms with Crippen molar-refractivity contribution in [1.82, 2.24) is 0 Å². The minimum atomic E-state index is -2.86. The number of hydrogen-bond donors (Lipinski definition) is 0. The lowest BCUT2D eigenvalue weighted by Gasteiger charge is -1.96. The molecule has 0 aliphatic heterocycles. The average Bonchev–Trinajstić information content (AvgIpc) is 2.06. The lowest BCUT2D eigenvalue weighted by Crippen LogP contribution is -2.17. The van der Waals surface area contributed by atoms with Crippen LogP contribution in [0.4, 0.5) is 8.63 Å². The minimum Gasteiger partial charge on any atom is -0.303 e. The molecule has 0 saturated carbocycles. The normalized spacial score (nSPS) is 9.50. The SMILES string of the molecule is O=C(Cc1ccccc1)B(F)F. The first kappa shape index (κ1) is 8.91. The van der Waals surface area contributed by atoms with Crippen molar-refractivity contribution in [3.05, 3.63) is 35.9 Å². The molecule has 0 aliphatic rings. The molecule has 1 rings (SSSR count). The molecule has 1 aromatic rings. The molecule has 0 amide bonds. The third kappa shape index (κ3) is 2.45. The highest BCUT2D eigenvalue weighted by Crippen LogP contribution is 2.02. The molecule has 12 heavy (non-hydrogen) atoms. The van der Waals surface area contributed by atoms with Gasteiger partial charge in [-0.2, -0.15) is 0 Å². The van der Waals surface area contributed by atoms with Crippen LogP contribution in [-0.4, -0.2) is 12.9 Å². The van der Waals surface area contributed by atoms with Gasteiger partial charge in [0.2, 0.25) is 0 Å². The summed E-state index contributed by atoms with van der Waals surface area (Å²) in [5.74, 6) is 0. The van der Waals surface area contributed by atoms with Crippen molar-refractivity contribution >= 4 is 12.9 Å². The van der Waals surface area contributed by atoms with Crippen LogP contribution in [0.25, 0.3) is 0 Å². The zero-order valence-electron chi connectivity index (χ0n) is 6.34. The van der Waals surface area contributed by atoms with Gasteiger partial charge in [0.15, 0.2) is 5.68 Å². The van der Waals surface area contributed by atoms with Crippen LogP contribution < -0.4 is 0 Å². The molecule has 0 fully saturated rings. The van der Waals surface area contributed by atoms with Gasteiger partial charge in [-0.25, -0.2) is 0 Å². The Balaban J connectivity index is 2.59. The van der Waals surface area contributed by atoms with Gasteiger partial charge < -0.3 is 4.79 Å². The maximum absolute atomic E-state index is 11.8. The number of halogens is 2. The summed E-state index contributed by atoms with van der Waals surface area (Å²) in [6.45, 7) is 0. The molecule has 0 aliphatic carbocycles. The van der Waals surface area contributed by atoms with Gasteiger partial charge in [-0.1, -0.05) is 30.3 Å². The zero-order valence-corrected chi connectivity index (χ0v) is 6.34. The lowest BCUT2D eigenvalue weighted by molar-refractivity contribution is -0.112. The number of carbonyl (C=O) groups excluding carboxylic acids is 1. The lowest BCUT2D eigenvalue weighted by atomic mass is 9.86. The molecule has 0 radical (unpaired) electrons. The van der Waals surface area contributed by atoms with E-state index in [2.05, 4.69) is 0 Å². The van der Waals surface area contributed by atoms with Crippen LogP contribution in [0.1, 0.15) is 5.56 Å². The maximum Gasteiger partial charge on any atom is 0.609 e. The highest BCUT2D eigenvalue weighted by Gasteiger charge is 2.23. The van der Waals surface area contributed by atoms with E-state index in [1.165, 1.54) is 0 Å². The summed E-state index contributed by atoms with van der Waals surface area (Å²) in [5, 5.41) is 0. The van der Waals surface area contributed by atoms with Gasteiger partial charge in [0.25, 0.3) is 0 Å². The summed E-state index contributed by atoms with van der Waals surface area (Å²) in [6.07, 6.45) is -0.182. The Morgan fingerprint density at radius 2 is 1.83 bits per heavy atom. The predicted molar refractivity (Wildman–Crippen MR) is 43.1 cm³/mol. The number of carbonyl (C=O) groups is 1. The van der Waals surface area contributed by atoms with E-state index in [1.54, 1.807) is 30.3 Å². The highest BCUT2D eigenvalue weighted by molar-refractivity contribution is 6.79. The first-order chi connectivity index (χ1) is 5.70. The van der Waals surface area contributed by atoms with E-state index in [9.17, 15) is 13.4 Å². The molecule has 0 unspecified atom stereocenters. The Labute approximate surface area is 69.6 Å². The van der Waals surface area contributed by atoms with Gasteiger partial charge in [-0.05, 0) is 5.56 Å². The molecule has 0 N–H and O–H groups in total. The molecule has 0 bridgehead atoms. The van der Waals surface area contributed by atoms with E-state index in [4.69, 9.17) is 0 Å². The Kier molecular flexibility index (Phi) is 2.97. The maximum atomic E-state index is 11.8. The van der Waals surface area contributed by atoms with Crippen molar-refractivity contribution in [2.24, 2.45) is 0 Å². The van der Waals surface area contributed by atoms with E-state index in [0.29, 0.717) is 5.56 Å². The highest BCUT2D eigenvalue weighted by atomic mass is 19.2. The Morgan fingerprint density at radius 3 is 2.33 bits per heavy atom. The fourth-order valence-corrected chi connectivity index (χ4v) is 0.874. The predicted octanol–water partition coefficient (Wildman–Crippen LogP) is 1.76. The second-order valence-electron chi connectivity index (χ2n) is 2.43. The molecule has 0 aromatic heterocycles. The summed E-state index contributed by atoms with van der Waals surface area (Å²) >= 11 is 0. The topological polar surface area (TPSA) is 17.1 Å².